The molecule has 184 valence electrons. The summed E-state index contributed by atoms with van der Waals surface area (Å²) in [4.78, 5) is 33.0. The van der Waals surface area contributed by atoms with Crippen LogP contribution in [0, 0.1) is 6.92 Å². The highest BCUT2D eigenvalue weighted by molar-refractivity contribution is 6.06. The van der Waals surface area contributed by atoms with Gasteiger partial charge in [-0.2, -0.15) is 5.10 Å². The summed E-state index contributed by atoms with van der Waals surface area (Å²) < 4.78 is 1.85. The molecule has 2 amide bonds. The highest BCUT2D eigenvalue weighted by Crippen LogP contribution is 2.28. The number of fused-ring (bicyclic) bond motifs is 1. The Balaban J connectivity index is 1.44. The van der Waals surface area contributed by atoms with Crippen LogP contribution >= 0.6 is 0 Å². The molecule has 1 aliphatic rings. The Morgan fingerprint density at radius 1 is 1.03 bits per heavy atom. The standard InChI is InChI=1S/C29H31N5O2/c1-19(2)34-27-25(18-31-34)24(16-26(32-27)23-12-5-4-9-20(23)3)28(35)30-17-21-10-8-11-22(15-21)29(36)33-13-6-7-14-33/h4-5,8-12,15-16,18-19H,6-7,13-14,17H2,1-3H3,(H,30,35). The van der Waals surface area contributed by atoms with Crippen LogP contribution in [0.5, 0.6) is 0 Å². The Morgan fingerprint density at radius 3 is 2.56 bits per heavy atom. The van der Waals surface area contributed by atoms with E-state index >= 15 is 0 Å². The molecule has 0 unspecified atom stereocenters. The molecule has 0 saturated carbocycles. The number of likely N-dealkylation sites (tertiary alicyclic amines) is 1. The molecule has 1 aliphatic heterocycles. The number of pyridine rings is 1. The van der Waals surface area contributed by atoms with Crippen LogP contribution in [0.4, 0.5) is 0 Å². The second-order valence-corrected chi connectivity index (χ2v) is 9.67. The zero-order valence-corrected chi connectivity index (χ0v) is 21.0. The van der Waals surface area contributed by atoms with Gasteiger partial charge in [-0.3, -0.25) is 9.59 Å². The van der Waals surface area contributed by atoms with Gasteiger partial charge in [-0.1, -0.05) is 36.4 Å². The molecule has 4 aromatic rings. The van der Waals surface area contributed by atoms with E-state index in [9.17, 15) is 9.59 Å². The maximum Gasteiger partial charge on any atom is 0.253 e. The van der Waals surface area contributed by atoms with E-state index in [1.807, 2.05) is 85.0 Å². The van der Waals surface area contributed by atoms with Gasteiger partial charge in [-0.25, -0.2) is 9.67 Å². The van der Waals surface area contributed by atoms with Gasteiger partial charge in [-0.05, 0) is 62.9 Å². The van der Waals surface area contributed by atoms with E-state index in [-0.39, 0.29) is 17.9 Å². The number of nitrogens with one attached hydrogen (secondary N) is 1. The lowest BCUT2D eigenvalue weighted by molar-refractivity contribution is 0.0792. The number of aryl methyl sites for hydroxylation is 1. The molecule has 1 fully saturated rings. The van der Waals surface area contributed by atoms with Crippen LogP contribution in [0.3, 0.4) is 0 Å². The maximum atomic E-state index is 13.5. The van der Waals surface area contributed by atoms with Gasteiger partial charge in [0.2, 0.25) is 0 Å². The van der Waals surface area contributed by atoms with Gasteiger partial charge < -0.3 is 10.2 Å². The molecular formula is C29H31N5O2. The van der Waals surface area contributed by atoms with Crippen LogP contribution in [0.2, 0.25) is 0 Å². The third-order valence-electron chi connectivity index (χ3n) is 6.74. The topological polar surface area (TPSA) is 80.1 Å². The van der Waals surface area contributed by atoms with Crippen molar-refractivity contribution in [3.8, 4) is 11.3 Å². The van der Waals surface area contributed by atoms with Crippen molar-refractivity contribution in [2.45, 2.75) is 46.2 Å². The Labute approximate surface area is 211 Å². The molecule has 0 aliphatic carbocycles. The average molecular weight is 482 g/mol. The number of carbonyl (C=O) groups is 2. The number of hydrogen-bond donors (Lipinski definition) is 1. The summed E-state index contributed by atoms with van der Waals surface area (Å²) in [6.45, 7) is 8.07. The van der Waals surface area contributed by atoms with Crippen molar-refractivity contribution in [1.29, 1.82) is 0 Å². The first-order chi connectivity index (χ1) is 17.4. The molecule has 1 saturated heterocycles. The summed E-state index contributed by atoms with van der Waals surface area (Å²) in [7, 11) is 0. The van der Waals surface area contributed by atoms with Crippen LogP contribution in [0.25, 0.3) is 22.3 Å². The minimum absolute atomic E-state index is 0.0560. The minimum Gasteiger partial charge on any atom is -0.348 e. The summed E-state index contributed by atoms with van der Waals surface area (Å²) >= 11 is 0. The van der Waals surface area contributed by atoms with Crippen molar-refractivity contribution in [2.75, 3.05) is 13.1 Å². The lowest BCUT2D eigenvalue weighted by Crippen LogP contribution is -2.28. The number of aromatic nitrogens is 3. The molecule has 2 aromatic carbocycles. The average Bonchev–Trinajstić information content (AvgIpc) is 3.57. The van der Waals surface area contributed by atoms with Crippen LogP contribution in [0.1, 0.15) is 64.6 Å². The first-order valence-electron chi connectivity index (χ1n) is 12.5. The maximum absolute atomic E-state index is 13.5. The lowest BCUT2D eigenvalue weighted by atomic mass is 10.0. The molecule has 0 bridgehead atoms. The number of nitrogens with zero attached hydrogens (tertiary/aromatic N) is 4. The van der Waals surface area contributed by atoms with Crippen molar-refractivity contribution in [3.63, 3.8) is 0 Å². The van der Waals surface area contributed by atoms with Gasteiger partial charge in [0.25, 0.3) is 11.8 Å². The number of benzene rings is 2. The first-order valence-corrected chi connectivity index (χ1v) is 12.5. The zero-order chi connectivity index (χ0) is 25.2. The van der Waals surface area contributed by atoms with Gasteiger partial charge in [0.1, 0.15) is 0 Å². The lowest BCUT2D eigenvalue weighted by Gasteiger charge is -2.16. The second-order valence-electron chi connectivity index (χ2n) is 9.67. The van der Waals surface area contributed by atoms with E-state index in [0.29, 0.717) is 23.3 Å². The number of amides is 2. The molecule has 7 nitrogen and oxygen atoms in total. The SMILES string of the molecule is Cc1ccccc1-c1cc(C(=O)NCc2cccc(C(=O)N3CCCC3)c2)c2cnn(C(C)C)c2n1. The number of hydrogen-bond acceptors (Lipinski definition) is 4. The largest absolute Gasteiger partial charge is 0.348 e. The highest BCUT2D eigenvalue weighted by atomic mass is 16.2. The van der Waals surface area contributed by atoms with E-state index in [0.717, 1.165) is 53.7 Å². The van der Waals surface area contributed by atoms with Crippen molar-refractivity contribution in [3.05, 3.63) is 83.0 Å². The fraction of sp³-hybridized carbons (Fsp3) is 0.310. The predicted molar refractivity (Wildman–Crippen MR) is 141 cm³/mol. The molecule has 0 spiro atoms. The van der Waals surface area contributed by atoms with Crippen molar-refractivity contribution < 1.29 is 9.59 Å². The van der Waals surface area contributed by atoms with Crippen molar-refractivity contribution >= 4 is 22.8 Å². The molecular weight excluding hydrogens is 450 g/mol. The molecule has 36 heavy (non-hydrogen) atoms. The van der Waals surface area contributed by atoms with Crippen LogP contribution in [0.15, 0.2) is 60.8 Å². The Morgan fingerprint density at radius 2 is 1.81 bits per heavy atom. The van der Waals surface area contributed by atoms with Gasteiger partial charge in [-0.15, -0.1) is 0 Å². The van der Waals surface area contributed by atoms with Gasteiger partial charge in [0.15, 0.2) is 5.65 Å². The van der Waals surface area contributed by atoms with Crippen molar-refractivity contribution in [1.82, 2.24) is 25.0 Å². The number of rotatable bonds is 6. The molecule has 1 N–H and O–H groups in total. The molecule has 0 atom stereocenters. The van der Waals surface area contributed by atoms with Crippen molar-refractivity contribution in [2.24, 2.45) is 0 Å². The predicted octanol–water partition coefficient (Wildman–Crippen LogP) is 5.15. The number of carbonyl (C=O) groups excluding carboxylic acids is 2. The summed E-state index contributed by atoms with van der Waals surface area (Å²) in [5, 5.41) is 8.28. The smallest absolute Gasteiger partial charge is 0.253 e. The molecule has 3 heterocycles. The minimum atomic E-state index is -0.197. The Bertz CT molecular complexity index is 1430. The summed E-state index contributed by atoms with van der Waals surface area (Å²) in [6, 6.07) is 17.5. The molecule has 7 heteroatoms. The quantitative estimate of drug-likeness (QED) is 0.413. The second kappa shape index (κ2) is 9.93. The van der Waals surface area contributed by atoms with E-state index in [1.54, 1.807) is 6.20 Å². The fourth-order valence-electron chi connectivity index (χ4n) is 4.78. The van der Waals surface area contributed by atoms with E-state index in [4.69, 9.17) is 4.98 Å². The van der Waals surface area contributed by atoms with E-state index in [1.165, 1.54) is 0 Å². The van der Waals surface area contributed by atoms with Crippen LogP contribution < -0.4 is 5.32 Å². The highest BCUT2D eigenvalue weighted by Gasteiger charge is 2.21. The molecule has 2 aromatic heterocycles. The van der Waals surface area contributed by atoms with E-state index < -0.39 is 0 Å². The summed E-state index contributed by atoms with van der Waals surface area (Å²) in [5.41, 5.74) is 5.59. The summed E-state index contributed by atoms with van der Waals surface area (Å²) in [5.74, 6) is -0.141. The normalized spacial score (nSPS) is 13.5. The summed E-state index contributed by atoms with van der Waals surface area (Å²) in [6.07, 6.45) is 3.83. The third-order valence-corrected chi connectivity index (χ3v) is 6.74. The first kappa shape index (κ1) is 23.7. The van der Waals surface area contributed by atoms with Gasteiger partial charge in [0, 0.05) is 36.8 Å². The van der Waals surface area contributed by atoms with Gasteiger partial charge in [0.05, 0.1) is 22.8 Å². The van der Waals surface area contributed by atoms with Gasteiger partial charge >= 0.3 is 0 Å². The molecule has 5 rings (SSSR count). The Kier molecular flexibility index (Phi) is 6.55. The Hall–Kier alpha value is -4.00. The third kappa shape index (κ3) is 4.61. The van der Waals surface area contributed by atoms with Crippen LogP contribution in [-0.2, 0) is 6.54 Å². The van der Waals surface area contributed by atoms with Crippen LogP contribution in [-0.4, -0.2) is 44.6 Å². The monoisotopic (exact) mass is 481 g/mol. The molecule has 0 radical (unpaired) electrons. The van der Waals surface area contributed by atoms with E-state index in [2.05, 4.69) is 10.4 Å². The fourth-order valence-corrected chi connectivity index (χ4v) is 4.78. The zero-order valence-electron chi connectivity index (χ0n) is 21.0.